The Hall–Kier alpha value is -3.30. The SMILES string of the molecule is CSc1ncnc2c(C(=O)Nc3cccc4c3c(C3CC3)nn4Cc3cccc(C)n3)csc12. The molecule has 170 valence electrons. The molecular formula is C25H22N6OS2. The topological polar surface area (TPSA) is 85.6 Å². The molecule has 0 bridgehead atoms. The van der Waals surface area contributed by atoms with Gasteiger partial charge in [0.05, 0.1) is 44.9 Å². The third kappa shape index (κ3) is 3.74. The van der Waals surface area contributed by atoms with Gasteiger partial charge in [-0.25, -0.2) is 9.97 Å². The molecule has 1 aromatic carbocycles. The highest BCUT2D eigenvalue weighted by Crippen LogP contribution is 2.44. The molecule has 1 saturated carbocycles. The van der Waals surface area contributed by atoms with Crippen molar-refractivity contribution in [3.8, 4) is 0 Å². The summed E-state index contributed by atoms with van der Waals surface area (Å²) in [4.78, 5) is 26.7. The van der Waals surface area contributed by atoms with Gasteiger partial charge in [0.2, 0.25) is 0 Å². The van der Waals surface area contributed by atoms with E-state index in [1.54, 1.807) is 11.8 Å². The minimum atomic E-state index is -0.167. The van der Waals surface area contributed by atoms with E-state index in [1.807, 2.05) is 53.6 Å². The van der Waals surface area contributed by atoms with E-state index in [-0.39, 0.29) is 5.91 Å². The van der Waals surface area contributed by atoms with Crippen molar-refractivity contribution in [1.82, 2.24) is 24.7 Å². The second-order valence-electron chi connectivity index (χ2n) is 8.45. The summed E-state index contributed by atoms with van der Waals surface area (Å²) in [5.74, 6) is 0.269. The highest BCUT2D eigenvalue weighted by molar-refractivity contribution is 7.98. The number of pyridine rings is 1. The molecule has 4 aromatic heterocycles. The first-order valence-corrected chi connectivity index (χ1v) is 13.2. The number of amides is 1. The Kier molecular flexibility index (Phi) is 5.30. The lowest BCUT2D eigenvalue weighted by Crippen LogP contribution is -2.12. The number of rotatable bonds is 6. The first kappa shape index (κ1) is 21.2. The molecular weight excluding hydrogens is 464 g/mol. The van der Waals surface area contributed by atoms with Crippen LogP contribution in [0.4, 0.5) is 5.69 Å². The van der Waals surface area contributed by atoms with Crippen LogP contribution in [0.5, 0.6) is 0 Å². The molecule has 0 unspecified atom stereocenters. The van der Waals surface area contributed by atoms with Crippen molar-refractivity contribution in [2.24, 2.45) is 0 Å². The zero-order valence-electron chi connectivity index (χ0n) is 18.8. The van der Waals surface area contributed by atoms with E-state index in [4.69, 9.17) is 5.10 Å². The molecule has 34 heavy (non-hydrogen) atoms. The minimum absolute atomic E-state index is 0.167. The number of benzene rings is 1. The van der Waals surface area contributed by atoms with Crippen LogP contribution in [-0.4, -0.2) is 36.9 Å². The number of aryl methyl sites for hydroxylation is 1. The van der Waals surface area contributed by atoms with Gasteiger partial charge in [-0.05, 0) is 50.3 Å². The first-order chi connectivity index (χ1) is 16.6. The maximum Gasteiger partial charge on any atom is 0.258 e. The van der Waals surface area contributed by atoms with Crippen LogP contribution in [0.1, 0.15) is 46.2 Å². The Morgan fingerprint density at radius 3 is 2.85 bits per heavy atom. The Morgan fingerprint density at radius 1 is 1.21 bits per heavy atom. The van der Waals surface area contributed by atoms with Crippen molar-refractivity contribution in [3.63, 3.8) is 0 Å². The second-order valence-corrected chi connectivity index (χ2v) is 10.1. The molecule has 0 saturated heterocycles. The second kappa shape index (κ2) is 8.48. The standard InChI is InChI=1S/C25H22N6OS2/c1-14-5-3-6-16(28-14)11-31-19-8-4-7-18(20(19)21(30-31)15-9-10-15)29-24(32)17-12-34-23-22(17)26-13-27-25(23)33-2/h3-8,12-13,15H,9-11H2,1-2H3,(H,29,32). The lowest BCUT2D eigenvalue weighted by atomic mass is 10.1. The maximum absolute atomic E-state index is 13.4. The van der Waals surface area contributed by atoms with Gasteiger partial charge in [-0.2, -0.15) is 5.10 Å². The molecule has 0 atom stereocenters. The third-order valence-corrected chi connectivity index (χ3v) is 7.84. The molecule has 0 aliphatic heterocycles. The summed E-state index contributed by atoms with van der Waals surface area (Å²) in [6.07, 6.45) is 5.75. The zero-order chi connectivity index (χ0) is 23.2. The Balaban J connectivity index is 1.40. The van der Waals surface area contributed by atoms with Crippen molar-refractivity contribution in [2.45, 2.75) is 37.3 Å². The highest BCUT2D eigenvalue weighted by Gasteiger charge is 2.31. The first-order valence-electron chi connectivity index (χ1n) is 11.1. The number of carbonyl (C=O) groups is 1. The van der Waals surface area contributed by atoms with Crippen LogP contribution >= 0.6 is 23.1 Å². The number of hydrogen-bond donors (Lipinski definition) is 1. The average molecular weight is 487 g/mol. The summed E-state index contributed by atoms with van der Waals surface area (Å²) in [6, 6.07) is 12.0. The van der Waals surface area contributed by atoms with Gasteiger partial charge in [0.25, 0.3) is 5.91 Å². The number of nitrogens with one attached hydrogen (secondary N) is 1. The van der Waals surface area contributed by atoms with Crippen LogP contribution in [0.15, 0.2) is 53.1 Å². The van der Waals surface area contributed by atoms with E-state index in [0.29, 0.717) is 23.5 Å². The van der Waals surface area contributed by atoms with E-state index in [9.17, 15) is 4.79 Å². The van der Waals surface area contributed by atoms with Crippen molar-refractivity contribution >= 4 is 55.8 Å². The van der Waals surface area contributed by atoms with E-state index >= 15 is 0 Å². The number of nitrogens with zero attached hydrogens (tertiary/aromatic N) is 5. The molecule has 7 nitrogen and oxygen atoms in total. The molecule has 1 amide bonds. The normalized spacial score (nSPS) is 13.6. The quantitative estimate of drug-likeness (QED) is 0.247. The molecule has 1 aliphatic rings. The molecule has 0 radical (unpaired) electrons. The Labute approximate surface area is 204 Å². The van der Waals surface area contributed by atoms with Gasteiger partial charge in [-0.1, -0.05) is 12.1 Å². The number of thioether (sulfide) groups is 1. The fourth-order valence-corrected chi connectivity index (χ4v) is 6.00. The van der Waals surface area contributed by atoms with Gasteiger partial charge in [-0.15, -0.1) is 23.1 Å². The van der Waals surface area contributed by atoms with Crippen LogP contribution in [0.3, 0.4) is 0 Å². The van der Waals surface area contributed by atoms with E-state index in [0.717, 1.165) is 56.2 Å². The van der Waals surface area contributed by atoms with Gasteiger partial charge >= 0.3 is 0 Å². The fourth-order valence-electron chi connectivity index (χ4n) is 4.29. The lowest BCUT2D eigenvalue weighted by molar-refractivity contribution is 0.102. The number of anilines is 1. The molecule has 9 heteroatoms. The maximum atomic E-state index is 13.4. The van der Waals surface area contributed by atoms with Gasteiger partial charge < -0.3 is 5.32 Å². The molecule has 6 rings (SSSR count). The summed E-state index contributed by atoms with van der Waals surface area (Å²) in [6.45, 7) is 2.58. The van der Waals surface area contributed by atoms with Crippen LogP contribution in [0.2, 0.25) is 0 Å². The third-order valence-electron chi connectivity index (χ3n) is 6.03. The van der Waals surface area contributed by atoms with E-state index in [2.05, 4.69) is 26.3 Å². The highest BCUT2D eigenvalue weighted by atomic mass is 32.2. The van der Waals surface area contributed by atoms with Crippen molar-refractivity contribution in [2.75, 3.05) is 11.6 Å². The van der Waals surface area contributed by atoms with E-state index < -0.39 is 0 Å². The van der Waals surface area contributed by atoms with Crippen LogP contribution in [0, 0.1) is 6.92 Å². The number of hydrogen-bond acceptors (Lipinski definition) is 7. The summed E-state index contributed by atoms with van der Waals surface area (Å²) < 4.78 is 2.95. The molecule has 1 fully saturated rings. The Bertz CT molecular complexity index is 1550. The summed E-state index contributed by atoms with van der Waals surface area (Å²) in [5.41, 5.74) is 6.06. The molecule has 1 aliphatic carbocycles. The summed E-state index contributed by atoms with van der Waals surface area (Å²) in [7, 11) is 0. The number of carbonyl (C=O) groups excluding carboxylic acids is 1. The zero-order valence-corrected chi connectivity index (χ0v) is 20.4. The number of thiophene rings is 1. The smallest absolute Gasteiger partial charge is 0.258 e. The molecule has 0 spiro atoms. The molecule has 5 aromatic rings. The fraction of sp³-hybridized carbons (Fsp3) is 0.240. The van der Waals surface area contributed by atoms with Gasteiger partial charge in [-0.3, -0.25) is 14.5 Å². The Morgan fingerprint density at radius 2 is 2.06 bits per heavy atom. The van der Waals surface area contributed by atoms with Gasteiger partial charge in [0.15, 0.2) is 0 Å². The van der Waals surface area contributed by atoms with Crippen molar-refractivity contribution < 1.29 is 4.79 Å². The van der Waals surface area contributed by atoms with Gasteiger partial charge in [0, 0.05) is 22.4 Å². The number of aromatic nitrogens is 5. The van der Waals surface area contributed by atoms with E-state index in [1.165, 1.54) is 17.7 Å². The average Bonchev–Trinajstić information content (AvgIpc) is 3.48. The van der Waals surface area contributed by atoms with Crippen LogP contribution < -0.4 is 5.32 Å². The summed E-state index contributed by atoms with van der Waals surface area (Å²) >= 11 is 3.06. The van der Waals surface area contributed by atoms with Crippen LogP contribution in [0.25, 0.3) is 21.1 Å². The number of fused-ring (bicyclic) bond motifs is 2. The van der Waals surface area contributed by atoms with Crippen LogP contribution in [-0.2, 0) is 6.54 Å². The predicted octanol–water partition coefficient (Wildman–Crippen LogP) is 5.64. The van der Waals surface area contributed by atoms with Crippen molar-refractivity contribution in [3.05, 3.63) is 70.8 Å². The minimum Gasteiger partial charge on any atom is -0.321 e. The summed E-state index contributed by atoms with van der Waals surface area (Å²) in [5, 5.41) is 11.9. The molecule has 1 N–H and O–H groups in total. The monoisotopic (exact) mass is 486 g/mol. The van der Waals surface area contributed by atoms with Crippen molar-refractivity contribution in [1.29, 1.82) is 0 Å². The van der Waals surface area contributed by atoms with Gasteiger partial charge in [0.1, 0.15) is 11.4 Å². The largest absolute Gasteiger partial charge is 0.321 e. The predicted molar refractivity (Wildman–Crippen MR) is 137 cm³/mol. The molecule has 4 heterocycles. The lowest BCUT2D eigenvalue weighted by Gasteiger charge is -2.08.